The molecule has 0 saturated heterocycles. The molecule has 0 saturated carbocycles. The molecule has 0 aliphatic carbocycles. The summed E-state index contributed by atoms with van der Waals surface area (Å²) >= 11 is 0. The maximum atomic E-state index is 12.9. The van der Waals surface area contributed by atoms with E-state index in [0.717, 1.165) is 12.1 Å². The lowest BCUT2D eigenvalue weighted by Crippen LogP contribution is -2.16. The van der Waals surface area contributed by atoms with Gasteiger partial charge >= 0.3 is 0 Å². The number of para-hydroxylation sites is 2. The third-order valence-electron chi connectivity index (χ3n) is 4.68. The third kappa shape index (κ3) is 5.12. The number of hydrogen-bond acceptors (Lipinski definition) is 7. The number of anilines is 1. The predicted octanol–water partition coefficient (Wildman–Crippen LogP) is 3.85. The summed E-state index contributed by atoms with van der Waals surface area (Å²) in [5, 5.41) is 0. The number of benzene rings is 2. The van der Waals surface area contributed by atoms with Crippen LogP contribution in [-0.4, -0.2) is 37.1 Å². The quantitative estimate of drug-likeness (QED) is 0.386. The number of methoxy groups -OCH3 is 1. The zero-order valence-corrected chi connectivity index (χ0v) is 18.2. The fourth-order valence-electron chi connectivity index (χ4n) is 3.06. The Bertz CT molecular complexity index is 1300. The van der Waals surface area contributed by atoms with Crippen LogP contribution in [-0.2, 0) is 16.4 Å². The molecule has 0 atom stereocenters. The Morgan fingerprint density at radius 1 is 0.906 bits per heavy atom. The van der Waals surface area contributed by atoms with Gasteiger partial charge in [0.25, 0.3) is 15.9 Å². The molecule has 4 rings (SSSR count). The first-order valence-corrected chi connectivity index (χ1v) is 11.5. The van der Waals surface area contributed by atoms with Crippen molar-refractivity contribution >= 4 is 26.9 Å². The molecule has 2 aromatic carbocycles. The second-order valence-corrected chi connectivity index (χ2v) is 8.60. The average Bonchev–Trinajstić information content (AvgIpc) is 2.82. The first kappa shape index (κ1) is 21.5. The second-order valence-electron chi connectivity index (χ2n) is 6.92. The number of ether oxygens (including phenoxy) is 2. The summed E-state index contributed by atoms with van der Waals surface area (Å²) in [7, 11) is -2.38. The molecule has 164 valence electrons. The van der Waals surface area contributed by atoms with Gasteiger partial charge in [-0.3, -0.25) is 9.71 Å². The van der Waals surface area contributed by atoms with Crippen LogP contribution >= 0.6 is 0 Å². The molecule has 0 radical (unpaired) electrons. The number of aryl methyl sites for hydroxylation is 1. The van der Waals surface area contributed by atoms with Crippen LogP contribution in [0.4, 0.5) is 5.82 Å². The molecule has 0 unspecified atom stereocenters. The molecule has 0 fully saturated rings. The Balaban J connectivity index is 1.56. The molecule has 9 heteroatoms. The normalized spacial score (nSPS) is 11.3. The van der Waals surface area contributed by atoms with Crippen molar-refractivity contribution in [2.75, 3.05) is 18.4 Å². The number of sulfonamides is 1. The lowest BCUT2D eigenvalue weighted by Gasteiger charge is -2.13. The number of nitrogens with one attached hydrogen (secondary N) is 1. The second kappa shape index (κ2) is 9.61. The third-order valence-corrected chi connectivity index (χ3v) is 6.04. The number of fused-ring (bicyclic) bond motifs is 1. The molecule has 4 aromatic rings. The van der Waals surface area contributed by atoms with Gasteiger partial charge in [0.15, 0.2) is 0 Å². The zero-order chi connectivity index (χ0) is 22.4. The largest absolute Gasteiger partial charge is 0.497 e. The number of nitrogens with zero attached hydrogens (tertiary/aromatic N) is 3. The lowest BCUT2D eigenvalue weighted by atomic mass is 10.2. The van der Waals surface area contributed by atoms with Crippen LogP contribution in [0.1, 0.15) is 12.1 Å². The SMILES string of the molecule is COc1ccc(S(=O)(=O)Nc2nc3ccccc3nc2OCCCc2ccccn2)cc1. The minimum Gasteiger partial charge on any atom is -0.497 e. The van der Waals surface area contributed by atoms with Crippen molar-refractivity contribution in [1.29, 1.82) is 0 Å². The maximum absolute atomic E-state index is 12.9. The van der Waals surface area contributed by atoms with Gasteiger partial charge in [0.1, 0.15) is 5.75 Å². The van der Waals surface area contributed by atoms with Crippen LogP contribution in [0.5, 0.6) is 11.6 Å². The van der Waals surface area contributed by atoms with Gasteiger partial charge in [-0.1, -0.05) is 18.2 Å². The fourth-order valence-corrected chi connectivity index (χ4v) is 4.06. The van der Waals surface area contributed by atoms with Gasteiger partial charge in [-0.25, -0.2) is 18.4 Å². The topological polar surface area (TPSA) is 103 Å². The highest BCUT2D eigenvalue weighted by atomic mass is 32.2. The van der Waals surface area contributed by atoms with Gasteiger partial charge in [-0.05, 0) is 61.4 Å². The van der Waals surface area contributed by atoms with E-state index < -0.39 is 10.0 Å². The highest BCUT2D eigenvalue weighted by Crippen LogP contribution is 2.27. The minimum atomic E-state index is -3.90. The Morgan fingerprint density at radius 3 is 2.31 bits per heavy atom. The van der Waals surface area contributed by atoms with Gasteiger partial charge < -0.3 is 9.47 Å². The van der Waals surface area contributed by atoms with Crippen LogP contribution < -0.4 is 14.2 Å². The summed E-state index contributed by atoms with van der Waals surface area (Å²) in [6.45, 7) is 0.334. The molecule has 2 heterocycles. The molecule has 8 nitrogen and oxygen atoms in total. The van der Waals surface area contributed by atoms with E-state index in [-0.39, 0.29) is 16.6 Å². The van der Waals surface area contributed by atoms with E-state index in [2.05, 4.69) is 19.7 Å². The van der Waals surface area contributed by atoms with Gasteiger partial charge in [0, 0.05) is 11.9 Å². The van der Waals surface area contributed by atoms with E-state index in [4.69, 9.17) is 9.47 Å². The Labute approximate surface area is 186 Å². The van der Waals surface area contributed by atoms with Crippen molar-refractivity contribution in [3.63, 3.8) is 0 Å². The minimum absolute atomic E-state index is 0.0392. The van der Waals surface area contributed by atoms with Gasteiger partial charge in [0.05, 0.1) is 29.6 Å². The molecular weight excluding hydrogens is 428 g/mol. The standard InChI is InChI=1S/C23H22N4O4S/c1-30-18-11-13-19(14-12-18)32(28,29)27-22-23(26-21-10-3-2-9-20(21)25-22)31-16-6-8-17-7-4-5-15-24-17/h2-5,7,9-15H,6,8,16H2,1H3,(H,25,27). The van der Waals surface area contributed by atoms with Crippen molar-refractivity contribution in [2.24, 2.45) is 0 Å². The number of rotatable bonds is 9. The molecule has 0 aliphatic heterocycles. The van der Waals surface area contributed by atoms with Gasteiger partial charge in [-0.15, -0.1) is 0 Å². The molecule has 0 amide bonds. The summed E-state index contributed by atoms with van der Waals surface area (Å²) in [6, 6.07) is 19.0. The molecule has 0 aliphatic rings. The van der Waals surface area contributed by atoms with E-state index in [1.165, 1.54) is 19.2 Å². The summed E-state index contributed by atoms with van der Waals surface area (Å²) in [5.41, 5.74) is 2.13. The molecule has 0 spiro atoms. The lowest BCUT2D eigenvalue weighted by molar-refractivity contribution is 0.300. The summed E-state index contributed by atoms with van der Waals surface area (Å²) in [4.78, 5) is 13.3. The van der Waals surface area contributed by atoms with E-state index >= 15 is 0 Å². The van der Waals surface area contributed by atoms with Crippen LogP contribution in [0.2, 0.25) is 0 Å². The van der Waals surface area contributed by atoms with E-state index in [0.29, 0.717) is 29.8 Å². The highest BCUT2D eigenvalue weighted by molar-refractivity contribution is 7.92. The molecule has 0 bridgehead atoms. The first-order chi connectivity index (χ1) is 15.5. The van der Waals surface area contributed by atoms with Crippen molar-refractivity contribution in [3.8, 4) is 11.6 Å². The molecule has 32 heavy (non-hydrogen) atoms. The smallest absolute Gasteiger partial charge is 0.263 e. The monoisotopic (exact) mass is 450 g/mol. The zero-order valence-electron chi connectivity index (χ0n) is 17.4. The Hall–Kier alpha value is -3.72. The van der Waals surface area contributed by atoms with E-state index in [9.17, 15) is 8.42 Å². The highest BCUT2D eigenvalue weighted by Gasteiger charge is 2.20. The predicted molar refractivity (Wildman–Crippen MR) is 121 cm³/mol. The van der Waals surface area contributed by atoms with Crippen molar-refractivity contribution in [2.45, 2.75) is 17.7 Å². The average molecular weight is 451 g/mol. The van der Waals surface area contributed by atoms with E-state index in [1.807, 2.05) is 30.3 Å². The number of hydrogen-bond donors (Lipinski definition) is 1. The Morgan fingerprint density at radius 2 is 1.62 bits per heavy atom. The number of aromatic nitrogens is 3. The van der Waals surface area contributed by atoms with Crippen LogP contribution in [0, 0.1) is 0 Å². The molecular formula is C23H22N4O4S. The van der Waals surface area contributed by atoms with Crippen molar-refractivity contribution < 1.29 is 17.9 Å². The fraction of sp³-hybridized carbons (Fsp3) is 0.174. The van der Waals surface area contributed by atoms with Crippen LogP contribution in [0.25, 0.3) is 11.0 Å². The van der Waals surface area contributed by atoms with Crippen molar-refractivity contribution in [1.82, 2.24) is 15.0 Å². The summed E-state index contributed by atoms with van der Waals surface area (Å²) < 4.78 is 39.3. The number of pyridine rings is 1. The van der Waals surface area contributed by atoms with Gasteiger partial charge in [-0.2, -0.15) is 0 Å². The molecule has 2 aromatic heterocycles. The molecule has 1 N–H and O–H groups in total. The first-order valence-electron chi connectivity index (χ1n) is 10.0. The van der Waals surface area contributed by atoms with E-state index in [1.54, 1.807) is 30.5 Å². The summed E-state index contributed by atoms with van der Waals surface area (Å²) in [5.74, 6) is 0.727. The van der Waals surface area contributed by atoms with Crippen molar-refractivity contribution in [3.05, 3.63) is 78.6 Å². The summed E-state index contributed by atoms with van der Waals surface area (Å²) in [6.07, 6.45) is 3.17. The van der Waals surface area contributed by atoms with Crippen LogP contribution in [0.15, 0.2) is 77.8 Å². The van der Waals surface area contributed by atoms with Crippen LogP contribution in [0.3, 0.4) is 0 Å². The Kier molecular flexibility index (Phi) is 6.46. The maximum Gasteiger partial charge on any atom is 0.263 e. The van der Waals surface area contributed by atoms with Gasteiger partial charge in [0.2, 0.25) is 5.82 Å².